The molecule has 2 amide bonds. The second-order valence-corrected chi connectivity index (χ2v) is 10.5. The monoisotopic (exact) mass is 480 g/mol. The van der Waals surface area contributed by atoms with Gasteiger partial charge >= 0.3 is 5.97 Å². The van der Waals surface area contributed by atoms with Crippen molar-refractivity contribution in [3.8, 4) is 11.3 Å². The van der Waals surface area contributed by atoms with Crippen LogP contribution in [0, 0.1) is 10.1 Å². The Kier molecular flexibility index (Phi) is 4.90. The van der Waals surface area contributed by atoms with Crippen molar-refractivity contribution in [3.05, 3.63) is 70.4 Å². The largest absolute Gasteiger partial charge is 0.805 e. The Balaban J connectivity index is 1.58. The topological polar surface area (TPSA) is 138 Å². The number of carboxylic acid groups (broad SMARTS) is 1. The summed E-state index contributed by atoms with van der Waals surface area (Å²) >= 11 is 1.27. The summed E-state index contributed by atoms with van der Waals surface area (Å²) in [6.45, 7) is 3.45. The van der Waals surface area contributed by atoms with Gasteiger partial charge in [-0.1, -0.05) is 30.3 Å². The minimum atomic E-state index is -1.12. The minimum absolute atomic E-state index is 0.00575. The molecule has 3 atom stereocenters. The number of carboxylic acids is 1. The van der Waals surface area contributed by atoms with Gasteiger partial charge in [-0.25, -0.2) is 4.79 Å². The van der Waals surface area contributed by atoms with Gasteiger partial charge in [-0.15, -0.1) is 11.8 Å². The number of nitrogens with zero attached hydrogens (tertiary/aromatic N) is 3. The third kappa shape index (κ3) is 3.07. The number of aliphatic carboxylic acids is 1. The van der Waals surface area contributed by atoms with E-state index < -0.39 is 45.7 Å². The van der Waals surface area contributed by atoms with Crippen molar-refractivity contribution in [2.45, 2.75) is 36.1 Å². The lowest BCUT2D eigenvalue weighted by Crippen LogP contribution is -2.70. The molecule has 2 aliphatic heterocycles. The van der Waals surface area contributed by atoms with Gasteiger partial charge < -0.3 is 25.3 Å². The van der Waals surface area contributed by atoms with E-state index in [4.69, 9.17) is 0 Å². The van der Waals surface area contributed by atoms with Gasteiger partial charge in [0.2, 0.25) is 5.91 Å². The first-order valence-corrected chi connectivity index (χ1v) is 11.4. The van der Waals surface area contributed by atoms with E-state index in [1.54, 1.807) is 56.3 Å². The molecule has 0 saturated carbocycles. The summed E-state index contributed by atoms with van der Waals surface area (Å²) in [6.07, 6.45) is 0. The number of carbonyl (C=O) groups is 3. The van der Waals surface area contributed by atoms with Crippen LogP contribution in [-0.4, -0.2) is 54.7 Å². The highest BCUT2D eigenvalue weighted by Gasteiger charge is 2.64. The van der Waals surface area contributed by atoms with E-state index in [2.05, 4.69) is 5.32 Å². The first-order chi connectivity index (χ1) is 16.1. The molecule has 3 aromatic rings. The van der Waals surface area contributed by atoms with Crippen LogP contribution < -0.4 is 9.74 Å². The van der Waals surface area contributed by atoms with E-state index in [9.17, 15) is 29.6 Å². The summed E-state index contributed by atoms with van der Waals surface area (Å²) < 4.78 is 0.172. The molecular weight excluding hydrogens is 460 g/mol. The van der Waals surface area contributed by atoms with Crippen molar-refractivity contribution < 1.29 is 23.9 Å². The lowest BCUT2D eigenvalue weighted by molar-refractivity contribution is -0.452. The average Bonchev–Trinajstić information content (AvgIpc) is 3.08. The summed E-state index contributed by atoms with van der Waals surface area (Å²) in [7, 11) is 0. The van der Waals surface area contributed by atoms with E-state index >= 15 is 0 Å². The predicted molar refractivity (Wildman–Crippen MR) is 124 cm³/mol. The summed E-state index contributed by atoms with van der Waals surface area (Å²) in [5, 5.41) is 24.9. The number of hydrogen-bond acceptors (Lipinski definition) is 6. The first-order valence-electron chi connectivity index (χ1n) is 10.5. The predicted octanol–water partition coefficient (Wildman–Crippen LogP) is 1.81. The molecule has 5 rings (SSSR count). The quantitative estimate of drug-likeness (QED) is 0.429. The molecule has 0 aliphatic carbocycles. The third-order valence-electron chi connectivity index (χ3n) is 6.17. The molecule has 174 valence electrons. The molecule has 3 heterocycles. The standard InChI is InChI=1S/C23H20N4O6S/c1-23(2)18(22(30)31)25-20(29)15(21(25)34-23)24-19(28)17-16(12-8-4-3-5-9-12)26(32)13-10-6-7-11-14(13)27(17)33/h3-11,15,18,21H,1-2H3,(H,24,28)(H,30,31)/t15-,18+,21-/m1/s1. The van der Waals surface area contributed by atoms with Crippen LogP contribution in [0.3, 0.4) is 0 Å². The van der Waals surface area contributed by atoms with Crippen LogP contribution in [0.15, 0.2) is 54.6 Å². The normalized spacial score (nSPS) is 22.8. The fraction of sp³-hybridized carbons (Fsp3) is 0.261. The lowest BCUT2D eigenvalue weighted by Gasteiger charge is -2.43. The second-order valence-electron chi connectivity index (χ2n) is 8.69. The first kappa shape index (κ1) is 22.0. The number of nitrogens with one attached hydrogen (secondary N) is 1. The Morgan fingerprint density at radius 1 is 1.12 bits per heavy atom. The zero-order valence-corrected chi connectivity index (χ0v) is 19.0. The third-order valence-corrected chi connectivity index (χ3v) is 7.75. The number of amides is 2. The van der Waals surface area contributed by atoms with Gasteiger partial charge in [0.05, 0.1) is 9.99 Å². The van der Waals surface area contributed by atoms with Gasteiger partial charge in [-0.3, -0.25) is 9.59 Å². The molecule has 2 aromatic carbocycles. The SMILES string of the molecule is CC1(C)S[C@@H]2[C@H](NC(=O)c3c(-c4ccccc4)[n+](=O)c4ccccc4n3[O-])C(=O)N2[C@H]1C(=O)O. The lowest BCUT2D eigenvalue weighted by atomic mass is 9.96. The molecule has 10 nitrogen and oxygen atoms in total. The Bertz CT molecular complexity index is 1420. The van der Waals surface area contributed by atoms with Gasteiger partial charge in [-0.2, -0.15) is 0 Å². The zero-order chi connectivity index (χ0) is 24.4. The zero-order valence-electron chi connectivity index (χ0n) is 18.2. The van der Waals surface area contributed by atoms with Crippen LogP contribution in [0.4, 0.5) is 0 Å². The van der Waals surface area contributed by atoms with Crippen LogP contribution in [0.2, 0.25) is 0 Å². The van der Waals surface area contributed by atoms with Crippen molar-refractivity contribution in [1.29, 1.82) is 0 Å². The Morgan fingerprint density at radius 2 is 1.76 bits per heavy atom. The van der Waals surface area contributed by atoms with Crippen LogP contribution in [0.1, 0.15) is 24.3 Å². The van der Waals surface area contributed by atoms with Crippen LogP contribution in [0.25, 0.3) is 22.3 Å². The van der Waals surface area contributed by atoms with E-state index in [0.29, 0.717) is 14.7 Å². The van der Waals surface area contributed by atoms with Gasteiger partial charge in [-0.05, 0) is 32.0 Å². The van der Waals surface area contributed by atoms with Crippen LogP contribution >= 0.6 is 11.8 Å². The Morgan fingerprint density at radius 3 is 2.44 bits per heavy atom. The van der Waals surface area contributed by atoms with Crippen molar-refractivity contribution in [1.82, 2.24) is 14.9 Å². The highest BCUT2D eigenvalue weighted by Crippen LogP contribution is 2.50. The van der Waals surface area contributed by atoms with Gasteiger partial charge in [0.25, 0.3) is 17.1 Å². The van der Waals surface area contributed by atoms with Crippen LogP contribution in [-0.2, 0) is 9.59 Å². The number of carbonyl (C=O) groups excluding carboxylic acids is 2. The molecule has 1 aromatic heterocycles. The van der Waals surface area contributed by atoms with E-state index in [0.717, 1.165) is 0 Å². The Labute approximate surface area is 197 Å². The molecule has 0 unspecified atom stereocenters. The number of thioether (sulfide) groups is 1. The van der Waals surface area contributed by atoms with E-state index in [1.165, 1.54) is 28.8 Å². The summed E-state index contributed by atoms with van der Waals surface area (Å²) in [5.41, 5.74) is -0.120. The molecule has 34 heavy (non-hydrogen) atoms. The van der Waals surface area contributed by atoms with Gasteiger partial charge in [0, 0.05) is 15.7 Å². The van der Waals surface area contributed by atoms with Crippen molar-refractivity contribution in [3.63, 3.8) is 0 Å². The molecule has 11 heteroatoms. The molecule has 2 saturated heterocycles. The molecule has 0 spiro atoms. The molecule has 2 aliphatic rings. The molecular formula is C23H20N4O6S. The fourth-order valence-corrected chi connectivity index (χ4v) is 6.27. The van der Waals surface area contributed by atoms with Gasteiger partial charge in [0.1, 0.15) is 23.0 Å². The van der Waals surface area contributed by atoms with Crippen molar-refractivity contribution >= 4 is 40.6 Å². The summed E-state index contributed by atoms with van der Waals surface area (Å²) in [6, 6.07) is 12.4. The number of hydrogen-bond donors (Lipinski definition) is 2. The smallest absolute Gasteiger partial charge is 0.327 e. The molecule has 2 fully saturated rings. The Hall–Kier alpha value is -3.86. The van der Waals surface area contributed by atoms with E-state index in [-0.39, 0.29) is 16.7 Å². The van der Waals surface area contributed by atoms with Crippen LogP contribution in [0.5, 0.6) is 0 Å². The summed E-state index contributed by atoms with van der Waals surface area (Å²) in [5.74, 6) is -2.55. The number of para-hydroxylation sites is 2. The molecule has 0 radical (unpaired) electrons. The number of β-lactam (4-membered cyclic amide) rings is 1. The molecule has 0 bridgehead atoms. The van der Waals surface area contributed by atoms with Gasteiger partial charge in [0.15, 0.2) is 5.69 Å². The maximum Gasteiger partial charge on any atom is 0.327 e. The average molecular weight is 481 g/mol. The number of aromatic nitrogens is 2. The number of rotatable bonds is 4. The highest BCUT2D eigenvalue weighted by molar-refractivity contribution is 8.01. The maximum atomic E-state index is 13.4. The summed E-state index contributed by atoms with van der Waals surface area (Å²) in [4.78, 5) is 52.4. The fourth-order valence-electron chi connectivity index (χ4n) is 4.65. The van der Waals surface area contributed by atoms with E-state index in [1.807, 2.05) is 0 Å². The van der Waals surface area contributed by atoms with Crippen molar-refractivity contribution in [2.24, 2.45) is 0 Å². The second kappa shape index (κ2) is 7.59. The number of benzene rings is 2. The highest BCUT2D eigenvalue weighted by atomic mass is 32.2. The minimum Gasteiger partial charge on any atom is -0.805 e. The van der Waals surface area contributed by atoms with Crippen molar-refractivity contribution in [2.75, 3.05) is 0 Å². The molecule has 2 N–H and O–H groups in total. The maximum absolute atomic E-state index is 13.4. The number of fused-ring (bicyclic) bond motifs is 2.